The summed E-state index contributed by atoms with van der Waals surface area (Å²) in [4.78, 5) is 27.0. The van der Waals surface area contributed by atoms with Crippen LogP contribution in [0, 0.1) is 0 Å². The number of amides is 2. The molecular formula is C17H19ClN2O2S. The molecule has 0 aliphatic rings. The molecule has 0 saturated heterocycles. The first-order chi connectivity index (χ1) is 11.1. The number of thiophene rings is 1. The fraction of sp³-hybridized carbons (Fsp3) is 0.294. The van der Waals surface area contributed by atoms with E-state index in [0.717, 1.165) is 9.21 Å². The molecule has 0 fully saturated rings. The molecule has 1 aromatic heterocycles. The average molecular weight is 351 g/mol. The molecule has 1 aromatic carbocycles. The van der Waals surface area contributed by atoms with Crippen molar-refractivity contribution < 1.29 is 9.59 Å². The van der Waals surface area contributed by atoms with Gasteiger partial charge in [-0.1, -0.05) is 29.8 Å². The van der Waals surface area contributed by atoms with Crippen LogP contribution < -0.4 is 5.32 Å². The maximum atomic E-state index is 12.2. The smallest absolute Gasteiger partial charge is 0.251 e. The molecule has 0 spiro atoms. The summed E-state index contributed by atoms with van der Waals surface area (Å²) >= 11 is 7.39. The Morgan fingerprint density at radius 1 is 1.17 bits per heavy atom. The highest BCUT2D eigenvalue weighted by molar-refractivity contribution is 7.16. The maximum absolute atomic E-state index is 12.2. The van der Waals surface area contributed by atoms with Gasteiger partial charge in [0.15, 0.2) is 0 Å². The number of benzene rings is 1. The van der Waals surface area contributed by atoms with Gasteiger partial charge in [0.25, 0.3) is 5.91 Å². The summed E-state index contributed by atoms with van der Waals surface area (Å²) in [6, 6.07) is 12.7. The first-order valence-corrected chi connectivity index (χ1v) is 8.65. The molecule has 0 radical (unpaired) electrons. The van der Waals surface area contributed by atoms with Crippen LogP contribution in [0.5, 0.6) is 0 Å². The van der Waals surface area contributed by atoms with Gasteiger partial charge in [0.05, 0.1) is 10.9 Å². The molecular weight excluding hydrogens is 332 g/mol. The van der Waals surface area contributed by atoms with E-state index in [1.54, 1.807) is 17.0 Å². The van der Waals surface area contributed by atoms with E-state index in [0.29, 0.717) is 25.2 Å². The number of nitrogens with one attached hydrogen (secondary N) is 1. The van der Waals surface area contributed by atoms with Crippen LogP contribution in [-0.2, 0) is 11.3 Å². The van der Waals surface area contributed by atoms with E-state index in [-0.39, 0.29) is 18.2 Å². The Balaban J connectivity index is 1.79. The molecule has 0 aliphatic heterocycles. The van der Waals surface area contributed by atoms with E-state index >= 15 is 0 Å². The second-order valence-electron chi connectivity index (χ2n) is 4.99. The third kappa shape index (κ3) is 5.37. The normalized spacial score (nSPS) is 10.3. The zero-order valence-corrected chi connectivity index (χ0v) is 14.5. The maximum Gasteiger partial charge on any atom is 0.251 e. The number of hydrogen-bond acceptors (Lipinski definition) is 3. The lowest BCUT2D eigenvalue weighted by Crippen LogP contribution is -2.34. The van der Waals surface area contributed by atoms with Gasteiger partial charge in [0.2, 0.25) is 5.91 Å². The zero-order chi connectivity index (χ0) is 16.7. The van der Waals surface area contributed by atoms with E-state index < -0.39 is 0 Å². The molecule has 2 aromatic rings. The van der Waals surface area contributed by atoms with Crippen molar-refractivity contribution in [3.8, 4) is 0 Å². The van der Waals surface area contributed by atoms with Crippen LogP contribution in [0.1, 0.15) is 28.6 Å². The predicted octanol–water partition coefficient (Wildman–Crippen LogP) is 3.57. The van der Waals surface area contributed by atoms with Crippen LogP contribution in [0.25, 0.3) is 0 Å². The molecule has 0 atom stereocenters. The topological polar surface area (TPSA) is 49.4 Å². The summed E-state index contributed by atoms with van der Waals surface area (Å²) in [5, 5.41) is 2.77. The number of rotatable bonds is 7. The highest BCUT2D eigenvalue weighted by atomic mass is 35.5. The van der Waals surface area contributed by atoms with Crippen LogP contribution in [-0.4, -0.2) is 29.8 Å². The van der Waals surface area contributed by atoms with Crippen molar-refractivity contribution >= 4 is 34.8 Å². The van der Waals surface area contributed by atoms with Crippen molar-refractivity contribution in [2.24, 2.45) is 0 Å². The lowest BCUT2D eigenvalue weighted by atomic mass is 10.2. The average Bonchev–Trinajstić information content (AvgIpc) is 2.98. The van der Waals surface area contributed by atoms with Crippen LogP contribution in [0.15, 0.2) is 42.5 Å². The van der Waals surface area contributed by atoms with Crippen molar-refractivity contribution in [1.82, 2.24) is 10.2 Å². The zero-order valence-electron chi connectivity index (χ0n) is 12.9. The minimum atomic E-state index is -0.161. The molecule has 6 heteroatoms. The van der Waals surface area contributed by atoms with Gasteiger partial charge in [-0.05, 0) is 31.2 Å². The van der Waals surface area contributed by atoms with Gasteiger partial charge in [-0.3, -0.25) is 9.59 Å². The van der Waals surface area contributed by atoms with Crippen molar-refractivity contribution in [3.63, 3.8) is 0 Å². The fourth-order valence-electron chi connectivity index (χ4n) is 2.13. The van der Waals surface area contributed by atoms with Gasteiger partial charge in [-0.15, -0.1) is 11.3 Å². The molecule has 0 unspecified atom stereocenters. The number of nitrogens with zero attached hydrogens (tertiary/aromatic N) is 1. The molecule has 0 aliphatic carbocycles. The Labute approximate surface area is 145 Å². The third-order valence-corrected chi connectivity index (χ3v) is 4.59. The van der Waals surface area contributed by atoms with Crippen molar-refractivity contribution in [3.05, 3.63) is 57.2 Å². The molecule has 23 heavy (non-hydrogen) atoms. The Kier molecular flexibility index (Phi) is 6.62. The van der Waals surface area contributed by atoms with Gasteiger partial charge < -0.3 is 10.2 Å². The Morgan fingerprint density at radius 3 is 2.52 bits per heavy atom. The minimum absolute atomic E-state index is 0.0189. The predicted molar refractivity (Wildman–Crippen MR) is 93.8 cm³/mol. The Hall–Kier alpha value is -1.85. The van der Waals surface area contributed by atoms with Crippen molar-refractivity contribution in [2.75, 3.05) is 13.1 Å². The monoisotopic (exact) mass is 350 g/mol. The highest BCUT2D eigenvalue weighted by Crippen LogP contribution is 2.22. The van der Waals surface area contributed by atoms with Gasteiger partial charge in [0.1, 0.15) is 0 Å². The molecule has 0 bridgehead atoms. The molecule has 1 N–H and O–H groups in total. The number of carbonyl (C=O) groups excluding carboxylic acids is 2. The van der Waals surface area contributed by atoms with Crippen LogP contribution in [0.2, 0.25) is 4.34 Å². The first-order valence-electron chi connectivity index (χ1n) is 7.45. The third-order valence-electron chi connectivity index (χ3n) is 3.37. The number of hydrogen-bond donors (Lipinski definition) is 1. The molecule has 122 valence electrons. The summed E-state index contributed by atoms with van der Waals surface area (Å²) < 4.78 is 0.721. The van der Waals surface area contributed by atoms with Crippen LogP contribution in [0.4, 0.5) is 0 Å². The summed E-state index contributed by atoms with van der Waals surface area (Å²) in [5.74, 6) is -0.142. The van der Waals surface area contributed by atoms with E-state index in [1.165, 1.54) is 11.3 Å². The fourth-order valence-corrected chi connectivity index (χ4v) is 3.24. The molecule has 4 nitrogen and oxygen atoms in total. The second kappa shape index (κ2) is 8.70. The number of halogens is 1. The lowest BCUT2D eigenvalue weighted by molar-refractivity contribution is -0.131. The van der Waals surface area contributed by atoms with E-state index in [4.69, 9.17) is 11.6 Å². The summed E-state index contributed by atoms with van der Waals surface area (Å²) in [7, 11) is 0. The summed E-state index contributed by atoms with van der Waals surface area (Å²) in [6.45, 7) is 3.45. The van der Waals surface area contributed by atoms with Gasteiger partial charge >= 0.3 is 0 Å². The largest absolute Gasteiger partial charge is 0.352 e. The number of carbonyl (C=O) groups is 2. The van der Waals surface area contributed by atoms with E-state index in [1.807, 2.05) is 37.3 Å². The SMILES string of the molecule is CCN(Cc1ccc(Cl)s1)C(=O)CCNC(=O)c1ccccc1. The Morgan fingerprint density at radius 2 is 1.91 bits per heavy atom. The van der Waals surface area contributed by atoms with Crippen LogP contribution >= 0.6 is 22.9 Å². The molecule has 0 saturated carbocycles. The summed E-state index contributed by atoms with van der Waals surface area (Å²) in [5.41, 5.74) is 0.598. The van der Waals surface area contributed by atoms with Crippen LogP contribution in [0.3, 0.4) is 0 Å². The van der Waals surface area contributed by atoms with Crippen molar-refractivity contribution in [2.45, 2.75) is 19.9 Å². The van der Waals surface area contributed by atoms with Gasteiger partial charge in [0, 0.05) is 30.0 Å². The lowest BCUT2D eigenvalue weighted by Gasteiger charge is -2.20. The van der Waals surface area contributed by atoms with Crippen molar-refractivity contribution in [1.29, 1.82) is 0 Å². The molecule has 2 amide bonds. The summed E-state index contributed by atoms with van der Waals surface area (Å²) in [6.07, 6.45) is 0.283. The standard InChI is InChI=1S/C17H19ClN2O2S/c1-2-20(12-14-8-9-15(18)23-14)16(21)10-11-19-17(22)13-6-4-3-5-7-13/h3-9H,2,10-12H2,1H3,(H,19,22). The van der Waals surface area contributed by atoms with E-state index in [2.05, 4.69) is 5.32 Å². The Bertz CT molecular complexity index is 658. The quantitative estimate of drug-likeness (QED) is 0.829. The molecule has 2 rings (SSSR count). The first kappa shape index (κ1) is 17.5. The van der Waals surface area contributed by atoms with E-state index in [9.17, 15) is 9.59 Å². The van der Waals surface area contributed by atoms with Gasteiger partial charge in [-0.2, -0.15) is 0 Å². The second-order valence-corrected chi connectivity index (χ2v) is 6.79. The van der Waals surface area contributed by atoms with Gasteiger partial charge in [-0.25, -0.2) is 0 Å². The minimum Gasteiger partial charge on any atom is -0.352 e. The molecule has 1 heterocycles. The highest BCUT2D eigenvalue weighted by Gasteiger charge is 2.13.